The first kappa shape index (κ1) is 16.6. The molecule has 0 saturated heterocycles. The molecule has 26 heavy (non-hydrogen) atoms. The van der Waals surface area contributed by atoms with Crippen LogP contribution in [0.25, 0.3) is 11.1 Å². The molecule has 0 spiro atoms. The Hall–Kier alpha value is -2.85. The summed E-state index contributed by atoms with van der Waals surface area (Å²) in [5.41, 5.74) is 6.08. The first-order valence-corrected chi connectivity index (χ1v) is 8.82. The second-order valence-corrected chi connectivity index (χ2v) is 6.80. The lowest BCUT2D eigenvalue weighted by Gasteiger charge is -2.15. The van der Waals surface area contributed by atoms with E-state index in [1.54, 1.807) is 0 Å². The van der Waals surface area contributed by atoms with Gasteiger partial charge in [-0.25, -0.2) is 0 Å². The summed E-state index contributed by atoms with van der Waals surface area (Å²) in [6.07, 6.45) is 7.13. The Morgan fingerprint density at radius 1 is 1.00 bits per heavy atom. The Labute approximate surface area is 152 Å². The maximum Gasteiger partial charge on any atom is 0.143 e. The van der Waals surface area contributed by atoms with Crippen molar-refractivity contribution in [3.63, 3.8) is 0 Å². The van der Waals surface area contributed by atoms with Gasteiger partial charge in [0.15, 0.2) is 0 Å². The summed E-state index contributed by atoms with van der Waals surface area (Å²) < 4.78 is 0. The van der Waals surface area contributed by atoms with Crippen LogP contribution in [0.4, 0.5) is 0 Å². The molecule has 0 fully saturated rings. The third-order valence-corrected chi connectivity index (χ3v) is 4.91. The van der Waals surface area contributed by atoms with E-state index in [4.69, 9.17) is 0 Å². The number of carbonyl (C=O) groups is 1. The lowest BCUT2D eigenvalue weighted by Crippen LogP contribution is -2.08. The molecule has 1 aliphatic carbocycles. The van der Waals surface area contributed by atoms with Crippen LogP contribution in [0.15, 0.2) is 61.1 Å². The molecule has 1 N–H and O–H groups in total. The molecule has 3 aromatic rings. The van der Waals surface area contributed by atoms with Crippen molar-refractivity contribution in [2.24, 2.45) is 0 Å². The highest BCUT2D eigenvalue weighted by Gasteiger charge is 2.20. The van der Waals surface area contributed by atoms with E-state index in [9.17, 15) is 9.90 Å². The van der Waals surface area contributed by atoms with Crippen molar-refractivity contribution in [1.82, 2.24) is 9.97 Å². The van der Waals surface area contributed by atoms with Crippen molar-refractivity contribution in [1.29, 1.82) is 0 Å². The molecule has 4 nitrogen and oxygen atoms in total. The number of rotatable bonds is 5. The van der Waals surface area contributed by atoms with Crippen LogP contribution in [0.3, 0.4) is 0 Å². The lowest BCUT2D eigenvalue weighted by atomic mass is 9.92. The van der Waals surface area contributed by atoms with E-state index in [-0.39, 0.29) is 18.3 Å². The molecule has 0 saturated carbocycles. The zero-order valence-corrected chi connectivity index (χ0v) is 14.4. The highest BCUT2D eigenvalue weighted by atomic mass is 16.3. The summed E-state index contributed by atoms with van der Waals surface area (Å²) >= 11 is 0. The van der Waals surface area contributed by atoms with E-state index < -0.39 is 0 Å². The molecule has 1 aliphatic rings. The fourth-order valence-corrected chi connectivity index (χ4v) is 3.53. The van der Waals surface area contributed by atoms with Gasteiger partial charge in [-0.2, -0.15) is 0 Å². The first-order valence-electron chi connectivity index (χ1n) is 8.82. The van der Waals surface area contributed by atoms with Crippen molar-refractivity contribution in [3.05, 3.63) is 83.4 Å². The average Bonchev–Trinajstić information content (AvgIpc) is 3.06. The van der Waals surface area contributed by atoms with Gasteiger partial charge in [-0.3, -0.25) is 14.8 Å². The van der Waals surface area contributed by atoms with Gasteiger partial charge < -0.3 is 5.11 Å². The minimum Gasteiger partial charge on any atom is -0.396 e. The Morgan fingerprint density at radius 3 is 2.62 bits per heavy atom. The maximum absolute atomic E-state index is 11.6. The molecule has 0 amide bonds. The summed E-state index contributed by atoms with van der Waals surface area (Å²) in [5.74, 6) is 0.272. The van der Waals surface area contributed by atoms with E-state index in [2.05, 4.69) is 22.1 Å². The normalized spacial score (nSPS) is 14.3. The number of ketones is 1. The predicted molar refractivity (Wildman–Crippen MR) is 99.9 cm³/mol. The highest BCUT2D eigenvalue weighted by molar-refractivity contribution is 5.87. The van der Waals surface area contributed by atoms with Crippen molar-refractivity contribution in [2.45, 2.75) is 25.2 Å². The highest BCUT2D eigenvalue weighted by Crippen LogP contribution is 2.27. The number of aliphatic hydroxyl groups excluding tert-OH is 1. The summed E-state index contributed by atoms with van der Waals surface area (Å²) in [5, 5.41) is 9.80. The smallest absolute Gasteiger partial charge is 0.143 e. The van der Waals surface area contributed by atoms with Gasteiger partial charge in [0.05, 0.1) is 12.3 Å². The first-order chi connectivity index (χ1) is 12.7. The number of fused-ring (bicyclic) bond motifs is 1. The Morgan fingerprint density at radius 2 is 1.81 bits per heavy atom. The van der Waals surface area contributed by atoms with E-state index in [1.165, 1.54) is 0 Å². The number of pyridine rings is 2. The van der Waals surface area contributed by atoms with E-state index in [0.717, 1.165) is 39.9 Å². The van der Waals surface area contributed by atoms with Crippen LogP contribution < -0.4 is 0 Å². The van der Waals surface area contributed by atoms with E-state index >= 15 is 0 Å². The van der Waals surface area contributed by atoms with Crippen LogP contribution >= 0.6 is 0 Å². The van der Waals surface area contributed by atoms with Crippen molar-refractivity contribution >= 4 is 5.78 Å². The molecule has 4 heteroatoms. The van der Waals surface area contributed by atoms with Crippen LogP contribution in [0.1, 0.15) is 28.3 Å². The molecule has 2 heterocycles. The van der Waals surface area contributed by atoms with Gasteiger partial charge in [0.25, 0.3) is 0 Å². The summed E-state index contributed by atoms with van der Waals surface area (Å²) in [6.45, 7) is 0.0940. The number of benzene rings is 1. The Balaban J connectivity index is 1.59. The molecule has 0 unspecified atom stereocenters. The number of nitrogens with zero attached hydrogens (tertiary/aromatic N) is 2. The van der Waals surface area contributed by atoms with E-state index in [1.807, 2.05) is 48.9 Å². The molecule has 4 rings (SSSR count). The largest absolute Gasteiger partial charge is 0.396 e. The second-order valence-electron chi connectivity index (χ2n) is 6.80. The van der Waals surface area contributed by atoms with Gasteiger partial charge in [-0.05, 0) is 35.2 Å². The summed E-state index contributed by atoms with van der Waals surface area (Å²) in [6, 6.07) is 14.2. The van der Waals surface area contributed by atoms with Crippen molar-refractivity contribution in [3.8, 4) is 11.1 Å². The molecule has 2 aromatic heterocycles. The Bertz CT molecular complexity index is 938. The monoisotopic (exact) mass is 344 g/mol. The van der Waals surface area contributed by atoms with Crippen LogP contribution in [-0.2, 0) is 24.1 Å². The van der Waals surface area contributed by atoms with Crippen molar-refractivity contribution < 1.29 is 9.90 Å². The third-order valence-electron chi connectivity index (χ3n) is 4.91. The topological polar surface area (TPSA) is 63.1 Å². The number of aliphatic hydroxyl groups is 1. The van der Waals surface area contributed by atoms with Crippen LogP contribution in [0.5, 0.6) is 0 Å². The quantitative estimate of drug-likeness (QED) is 0.772. The number of carbonyl (C=O) groups excluding carboxylic acids is 1. The molecular weight excluding hydrogens is 324 g/mol. The third kappa shape index (κ3) is 3.41. The van der Waals surface area contributed by atoms with Gasteiger partial charge in [0.2, 0.25) is 0 Å². The molecular formula is C22H20N2O2. The number of aromatic nitrogens is 2. The van der Waals surface area contributed by atoms with Crippen LogP contribution in [0.2, 0.25) is 0 Å². The number of hydrogen-bond donors (Lipinski definition) is 1. The van der Waals surface area contributed by atoms with Gasteiger partial charge in [-0.1, -0.05) is 30.3 Å². The molecule has 0 radical (unpaired) electrons. The van der Waals surface area contributed by atoms with Crippen LogP contribution in [-0.4, -0.2) is 27.5 Å². The fraction of sp³-hybridized carbons (Fsp3) is 0.227. The molecule has 1 atom stereocenters. The average molecular weight is 344 g/mol. The number of hydrogen-bond acceptors (Lipinski definition) is 4. The van der Waals surface area contributed by atoms with Gasteiger partial charge in [0, 0.05) is 48.5 Å². The molecule has 130 valence electrons. The summed E-state index contributed by atoms with van der Waals surface area (Å²) in [4.78, 5) is 20.4. The molecule has 0 aliphatic heterocycles. The van der Waals surface area contributed by atoms with Crippen LogP contribution in [0, 0.1) is 0 Å². The molecule has 0 bridgehead atoms. The summed E-state index contributed by atoms with van der Waals surface area (Å²) in [7, 11) is 0. The SMILES string of the molecule is O=C1Cc2cc(-c3cncc(C[C@@H](CO)c4ccccc4)c3)cnc2C1. The minimum atomic E-state index is 0.0454. The Kier molecular flexibility index (Phi) is 4.59. The van der Waals surface area contributed by atoms with Gasteiger partial charge >= 0.3 is 0 Å². The zero-order valence-electron chi connectivity index (χ0n) is 14.4. The number of Topliss-reactive ketones (excluding diaryl/α,β-unsaturated/α-hetero) is 1. The van der Waals surface area contributed by atoms with Gasteiger partial charge in [0.1, 0.15) is 5.78 Å². The van der Waals surface area contributed by atoms with E-state index in [0.29, 0.717) is 12.8 Å². The fourth-order valence-electron chi connectivity index (χ4n) is 3.53. The maximum atomic E-state index is 11.6. The lowest BCUT2D eigenvalue weighted by molar-refractivity contribution is -0.117. The second kappa shape index (κ2) is 7.18. The molecule has 1 aromatic carbocycles. The standard InChI is InChI=1S/C22H20N2O2/c25-14-20(16-4-2-1-3-5-16)7-15-6-18(12-23-11-15)19-8-17-9-21(26)10-22(17)24-13-19/h1-6,8,11-13,20,25H,7,9-10,14H2/t20-/m0/s1. The zero-order chi connectivity index (χ0) is 17.9. The minimum absolute atomic E-state index is 0.0454. The van der Waals surface area contributed by atoms with Gasteiger partial charge in [-0.15, -0.1) is 0 Å². The predicted octanol–water partition coefficient (Wildman–Crippen LogP) is 3.13. The van der Waals surface area contributed by atoms with Crippen molar-refractivity contribution in [2.75, 3.05) is 6.61 Å².